The van der Waals surface area contributed by atoms with Gasteiger partial charge in [0.2, 0.25) is 0 Å². The van der Waals surface area contributed by atoms with Crippen molar-refractivity contribution >= 4 is 21.1 Å². The van der Waals surface area contributed by atoms with E-state index < -0.39 is 10.0 Å². The van der Waals surface area contributed by atoms with E-state index in [1.54, 1.807) is 25.1 Å². The van der Waals surface area contributed by atoms with Crippen molar-refractivity contribution in [2.45, 2.75) is 50.8 Å². The van der Waals surface area contributed by atoms with E-state index in [0.29, 0.717) is 21.8 Å². The fourth-order valence-corrected chi connectivity index (χ4v) is 4.61. The Kier molecular flexibility index (Phi) is 5.23. The van der Waals surface area contributed by atoms with Crippen LogP contribution in [0.5, 0.6) is 0 Å². The van der Waals surface area contributed by atoms with Crippen molar-refractivity contribution in [1.82, 2.24) is 8.96 Å². The van der Waals surface area contributed by atoms with E-state index in [0.717, 1.165) is 12.8 Å². The summed E-state index contributed by atoms with van der Waals surface area (Å²) in [6.45, 7) is 3.92. The molecule has 3 rings (SSSR count). The van der Waals surface area contributed by atoms with Gasteiger partial charge in [-0.25, -0.2) is 17.4 Å². The van der Waals surface area contributed by atoms with Gasteiger partial charge < -0.3 is 0 Å². The number of para-hydroxylation sites is 2. The molecule has 4 nitrogen and oxygen atoms in total. The van der Waals surface area contributed by atoms with Gasteiger partial charge in [-0.1, -0.05) is 50.5 Å². The first-order valence-electron chi connectivity index (χ1n) is 8.82. The largest absolute Gasteiger partial charge is 0.269 e. The third kappa shape index (κ3) is 3.61. The fourth-order valence-electron chi connectivity index (χ4n) is 3.12. The van der Waals surface area contributed by atoms with Crippen molar-refractivity contribution in [3.63, 3.8) is 0 Å². The minimum atomic E-state index is -3.64. The van der Waals surface area contributed by atoms with E-state index in [9.17, 15) is 8.42 Å². The Morgan fingerprint density at radius 1 is 0.960 bits per heavy atom. The van der Waals surface area contributed by atoms with Gasteiger partial charge in [-0.15, -0.1) is 0 Å². The van der Waals surface area contributed by atoms with Crippen molar-refractivity contribution in [3.05, 3.63) is 59.9 Å². The number of hydrogen-bond donors (Lipinski definition) is 0. The summed E-state index contributed by atoms with van der Waals surface area (Å²) in [5.74, 6) is 0.477. The molecule has 0 amide bonds. The molecular weight excluding hydrogens is 332 g/mol. The van der Waals surface area contributed by atoms with Crippen molar-refractivity contribution in [2.24, 2.45) is 0 Å². The monoisotopic (exact) mass is 356 g/mol. The van der Waals surface area contributed by atoms with Gasteiger partial charge >= 0.3 is 0 Å². The minimum Gasteiger partial charge on any atom is -0.232 e. The first kappa shape index (κ1) is 17.7. The van der Waals surface area contributed by atoms with Crippen LogP contribution in [0, 0.1) is 6.92 Å². The van der Waals surface area contributed by atoms with Gasteiger partial charge in [0.25, 0.3) is 10.0 Å². The van der Waals surface area contributed by atoms with Crippen LogP contribution in [0.4, 0.5) is 0 Å². The fraction of sp³-hybridized carbons (Fsp3) is 0.350. The molecule has 0 unspecified atom stereocenters. The lowest BCUT2D eigenvalue weighted by atomic mass is 10.1. The Labute approximate surface area is 149 Å². The molecule has 1 heterocycles. The number of benzene rings is 2. The molecule has 5 heteroatoms. The van der Waals surface area contributed by atoms with Crippen molar-refractivity contribution in [3.8, 4) is 0 Å². The maximum absolute atomic E-state index is 13.1. The van der Waals surface area contributed by atoms with Crippen LogP contribution >= 0.6 is 0 Å². The summed E-state index contributed by atoms with van der Waals surface area (Å²) in [5, 5.41) is 0. The standard InChI is InChI=1S/C20H24N2O2S/c1-3-4-5-6-9-17-12-14-18(15-13-17)25(23,24)22-16(2)21-19-10-7-8-11-20(19)22/h7-8,10-15H,3-6,9H2,1-2H3. The number of imidazole rings is 1. The summed E-state index contributed by atoms with van der Waals surface area (Å²) in [4.78, 5) is 4.67. The van der Waals surface area contributed by atoms with Gasteiger partial charge in [0.05, 0.1) is 15.9 Å². The van der Waals surface area contributed by atoms with E-state index in [1.807, 2.05) is 30.3 Å². The minimum absolute atomic E-state index is 0.302. The Morgan fingerprint density at radius 3 is 2.40 bits per heavy atom. The normalized spacial score (nSPS) is 11.9. The highest BCUT2D eigenvalue weighted by molar-refractivity contribution is 7.90. The molecule has 0 radical (unpaired) electrons. The molecule has 0 atom stereocenters. The van der Waals surface area contributed by atoms with Gasteiger partial charge in [0.15, 0.2) is 0 Å². The Morgan fingerprint density at radius 2 is 1.68 bits per heavy atom. The smallest absolute Gasteiger partial charge is 0.232 e. The summed E-state index contributed by atoms with van der Waals surface area (Å²) in [7, 11) is -3.64. The highest BCUT2D eigenvalue weighted by atomic mass is 32.2. The molecule has 0 aliphatic carbocycles. The van der Waals surface area contributed by atoms with Crippen LogP contribution in [-0.4, -0.2) is 17.4 Å². The number of hydrogen-bond acceptors (Lipinski definition) is 3. The third-order valence-corrected chi connectivity index (χ3v) is 6.27. The van der Waals surface area contributed by atoms with Gasteiger partial charge in [0, 0.05) is 0 Å². The maximum Gasteiger partial charge on any atom is 0.269 e. The Bertz CT molecular complexity index is 957. The van der Waals surface area contributed by atoms with Crippen LogP contribution in [0.15, 0.2) is 53.4 Å². The molecule has 0 aliphatic heterocycles. The number of rotatable bonds is 7. The molecule has 0 saturated heterocycles. The molecule has 0 spiro atoms. The van der Waals surface area contributed by atoms with E-state index in [4.69, 9.17) is 0 Å². The van der Waals surface area contributed by atoms with E-state index >= 15 is 0 Å². The van der Waals surface area contributed by atoms with Gasteiger partial charge in [-0.05, 0) is 49.6 Å². The average Bonchev–Trinajstić information content (AvgIpc) is 2.95. The zero-order chi connectivity index (χ0) is 17.9. The third-order valence-electron chi connectivity index (χ3n) is 4.46. The molecule has 0 aliphatic rings. The Balaban J connectivity index is 1.88. The zero-order valence-electron chi connectivity index (χ0n) is 14.8. The number of aromatic nitrogens is 2. The first-order valence-corrected chi connectivity index (χ1v) is 10.3. The van der Waals surface area contributed by atoms with Crippen molar-refractivity contribution in [1.29, 1.82) is 0 Å². The molecular formula is C20H24N2O2S. The van der Waals surface area contributed by atoms with Crippen molar-refractivity contribution < 1.29 is 8.42 Å². The highest BCUT2D eigenvalue weighted by Crippen LogP contribution is 2.23. The average molecular weight is 356 g/mol. The lowest BCUT2D eigenvalue weighted by molar-refractivity contribution is 0.587. The van der Waals surface area contributed by atoms with E-state index in [2.05, 4.69) is 11.9 Å². The predicted molar refractivity (Wildman–Crippen MR) is 101 cm³/mol. The van der Waals surface area contributed by atoms with Crippen LogP contribution in [0.2, 0.25) is 0 Å². The predicted octanol–water partition coefficient (Wildman–Crippen LogP) is 4.70. The molecule has 25 heavy (non-hydrogen) atoms. The topological polar surface area (TPSA) is 52.0 Å². The highest BCUT2D eigenvalue weighted by Gasteiger charge is 2.22. The molecule has 0 saturated carbocycles. The van der Waals surface area contributed by atoms with Crippen LogP contribution in [0.1, 0.15) is 44.0 Å². The summed E-state index contributed by atoms with van der Waals surface area (Å²) >= 11 is 0. The van der Waals surface area contributed by atoms with E-state index in [1.165, 1.54) is 28.8 Å². The van der Waals surface area contributed by atoms with E-state index in [-0.39, 0.29) is 0 Å². The lowest BCUT2D eigenvalue weighted by Crippen LogP contribution is -2.14. The molecule has 0 bridgehead atoms. The second-order valence-corrected chi connectivity index (χ2v) is 8.16. The molecule has 0 N–H and O–H groups in total. The van der Waals surface area contributed by atoms with Crippen LogP contribution in [0.25, 0.3) is 11.0 Å². The summed E-state index contributed by atoms with van der Waals surface area (Å²) in [6.07, 6.45) is 5.82. The SMILES string of the molecule is CCCCCCc1ccc(S(=O)(=O)n2c(C)nc3ccccc32)cc1. The van der Waals surface area contributed by atoms with Crippen LogP contribution < -0.4 is 0 Å². The van der Waals surface area contributed by atoms with Crippen molar-refractivity contribution in [2.75, 3.05) is 0 Å². The summed E-state index contributed by atoms with van der Waals surface area (Å²) < 4.78 is 27.5. The molecule has 0 fully saturated rings. The quantitative estimate of drug-likeness (QED) is 0.576. The molecule has 1 aromatic heterocycles. The first-order chi connectivity index (χ1) is 12.0. The number of aryl methyl sites for hydroxylation is 2. The maximum atomic E-state index is 13.1. The Hall–Kier alpha value is -2.14. The van der Waals surface area contributed by atoms with Gasteiger partial charge in [0.1, 0.15) is 5.82 Å². The lowest BCUT2D eigenvalue weighted by Gasteiger charge is -2.09. The molecule has 3 aromatic rings. The van der Waals surface area contributed by atoms with Gasteiger partial charge in [-0.2, -0.15) is 0 Å². The van der Waals surface area contributed by atoms with Gasteiger partial charge in [-0.3, -0.25) is 0 Å². The van der Waals surface area contributed by atoms with Crippen LogP contribution in [-0.2, 0) is 16.4 Å². The number of fused-ring (bicyclic) bond motifs is 1. The van der Waals surface area contributed by atoms with Crippen LogP contribution in [0.3, 0.4) is 0 Å². The number of unbranched alkanes of at least 4 members (excludes halogenated alkanes) is 3. The second kappa shape index (κ2) is 7.40. The summed E-state index contributed by atoms with van der Waals surface area (Å²) in [5.41, 5.74) is 2.49. The molecule has 2 aromatic carbocycles. The molecule has 132 valence electrons. The second-order valence-electron chi connectivity index (χ2n) is 6.37. The zero-order valence-corrected chi connectivity index (χ0v) is 15.6. The number of nitrogens with zero attached hydrogens (tertiary/aromatic N) is 2. The summed E-state index contributed by atoms with van der Waals surface area (Å²) in [6, 6.07) is 14.6.